The SMILES string of the molecule is Nc1c2c(-c3ccccc3F)nc(N3CCN(CCc4ccccc4)CC3)nc2nn1-c1cccc(F)c1. The predicted molar refractivity (Wildman–Crippen MR) is 145 cm³/mol. The number of hydrogen-bond donors (Lipinski definition) is 1. The van der Waals surface area contributed by atoms with Gasteiger partial charge in [-0.05, 0) is 42.3 Å². The third kappa shape index (κ3) is 4.68. The number of benzene rings is 3. The van der Waals surface area contributed by atoms with Crippen LogP contribution in [0, 0.1) is 11.6 Å². The van der Waals surface area contributed by atoms with Crippen LogP contribution in [0.25, 0.3) is 28.0 Å². The van der Waals surface area contributed by atoms with Gasteiger partial charge in [0.2, 0.25) is 5.95 Å². The molecule has 0 spiro atoms. The first-order valence-electron chi connectivity index (χ1n) is 12.6. The molecule has 1 saturated heterocycles. The Kier molecular flexibility index (Phi) is 6.43. The smallest absolute Gasteiger partial charge is 0.228 e. The lowest BCUT2D eigenvalue weighted by Gasteiger charge is -2.34. The number of halogens is 2. The molecule has 6 rings (SSSR count). The number of nitrogens with two attached hydrogens (primary N) is 1. The molecule has 0 saturated carbocycles. The summed E-state index contributed by atoms with van der Waals surface area (Å²) in [6, 6.07) is 22.9. The van der Waals surface area contributed by atoms with Crippen molar-refractivity contribution in [3.05, 3.63) is 96.1 Å². The van der Waals surface area contributed by atoms with E-state index in [1.165, 1.54) is 28.4 Å². The Morgan fingerprint density at radius 3 is 2.34 bits per heavy atom. The fourth-order valence-electron chi connectivity index (χ4n) is 4.90. The maximum atomic E-state index is 15.0. The van der Waals surface area contributed by atoms with Crippen molar-refractivity contribution in [2.45, 2.75) is 6.42 Å². The molecule has 0 radical (unpaired) electrons. The summed E-state index contributed by atoms with van der Waals surface area (Å²) in [6.07, 6.45) is 0.998. The van der Waals surface area contributed by atoms with E-state index in [0.29, 0.717) is 33.9 Å². The lowest BCUT2D eigenvalue weighted by molar-refractivity contribution is 0.260. The van der Waals surface area contributed by atoms with Crippen molar-refractivity contribution in [1.29, 1.82) is 0 Å². The second-order valence-corrected chi connectivity index (χ2v) is 9.39. The number of aromatic nitrogens is 4. The van der Waals surface area contributed by atoms with Gasteiger partial charge < -0.3 is 10.6 Å². The highest BCUT2D eigenvalue weighted by molar-refractivity contribution is 5.99. The third-order valence-electron chi connectivity index (χ3n) is 6.95. The molecule has 0 amide bonds. The van der Waals surface area contributed by atoms with Crippen LogP contribution in [0.5, 0.6) is 0 Å². The number of nitrogen functional groups attached to an aromatic ring is 1. The van der Waals surface area contributed by atoms with E-state index in [2.05, 4.69) is 39.2 Å². The molecule has 9 heteroatoms. The van der Waals surface area contributed by atoms with E-state index in [4.69, 9.17) is 15.7 Å². The van der Waals surface area contributed by atoms with Gasteiger partial charge in [0.1, 0.15) is 17.5 Å². The molecule has 0 aliphatic carbocycles. The standard InChI is InChI=1S/C29H27F2N7/c30-21-9-6-10-22(19-21)38-27(32)25-26(23-11-4-5-12-24(23)31)33-29(34-28(25)35-38)37-17-15-36(16-18-37)14-13-20-7-2-1-3-8-20/h1-12,19H,13-18,32H2. The summed E-state index contributed by atoms with van der Waals surface area (Å²) in [5.41, 5.74) is 9.29. The summed E-state index contributed by atoms with van der Waals surface area (Å²) in [5.74, 6) is -0.127. The first-order valence-corrected chi connectivity index (χ1v) is 12.6. The molecule has 0 atom stereocenters. The van der Waals surface area contributed by atoms with Crippen molar-refractivity contribution in [3.63, 3.8) is 0 Å². The van der Waals surface area contributed by atoms with Gasteiger partial charge in [-0.15, -0.1) is 5.10 Å². The van der Waals surface area contributed by atoms with E-state index in [9.17, 15) is 8.78 Å². The summed E-state index contributed by atoms with van der Waals surface area (Å²) >= 11 is 0. The lowest BCUT2D eigenvalue weighted by atomic mass is 10.1. The van der Waals surface area contributed by atoms with Gasteiger partial charge in [0.15, 0.2) is 5.65 Å². The molecule has 0 bridgehead atoms. The highest BCUT2D eigenvalue weighted by Crippen LogP contribution is 2.34. The second-order valence-electron chi connectivity index (χ2n) is 9.39. The van der Waals surface area contributed by atoms with Crippen LogP contribution in [0.4, 0.5) is 20.5 Å². The van der Waals surface area contributed by atoms with E-state index in [1.807, 2.05) is 6.07 Å². The summed E-state index contributed by atoms with van der Waals surface area (Å²) in [5, 5.41) is 5.02. The van der Waals surface area contributed by atoms with Gasteiger partial charge >= 0.3 is 0 Å². The Hall–Kier alpha value is -4.37. The van der Waals surface area contributed by atoms with Crippen molar-refractivity contribution >= 4 is 22.8 Å². The molecule has 1 aliphatic rings. The van der Waals surface area contributed by atoms with Crippen molar-refractivity contribution in [1.82, 2.24) is 24.6 Å². The molecular weight excluding hydrogens is 484 g/mol. The van der Waals surface area contributed by atoms with Gasteiger partial charge in [-0.2, -0.15) is 4.98 Å². The molecule has 192 valence electrons. The van der Waals surface area contributed by atoms with Gasteiger partial charge in [0.05, 0.1) is 16.8 Å². The van der Waals surface area contributed by atoms with Gasteiger partial charge in [-0.3, -0.25) is 4.90 Å². The van der Waals surface area contributed by atoms with Crippen LogP contribution in [0.3, 0.4) is 0 Å². The molecule has 1 aliphatic heterocycles. The van der Waals surface area contributed by atoms with Crippen molar-refractivity contribution in [2.24, 2.45) is 0 Å². The predicted octanol–water partition coefficient (Wildman–Crippen LogP) is 4.71. The molecule has 2 N–H and O–H groups in total. The summed E-state index contributed by atoms with van der Waals surface area (Å²) < 4.78 is 30.4. The lowest BCUT2D eigenvalue weighted by Crippen LogP contribution is -2.47. The number of nitrogens with zero attached hydrogens (tertiary/aromatic N) is 6. The Morgan fingerprint density at radius 1 is 0.816 bits per heavy atom. The van der Waals surface area contributed by atoms with Crippen LogP contribution in [-0.4, -0.2) is 57.4 Å². The average molecular weight is 512 g/mol. The minimum atomic E-state index is -0.415. The number of hydrogen-bond acceptors (Lipinski definition) is 6. The highest BCUT2D eigenvalue weighted by atomic mass is 19.1. The number of fused-ring (bicyclic) bond motifs is 1. The van der Waals surface area contributed by atoms with Gasteiger partial charge in [0.25, 0.3) is 0 Å². The summed E-state index contributed by atoms with van der Waals surface area (Å²) in [7, 11) is 0. The molecule has 2 aromatic heterocycles. The van der Waals surface area contributed by atoms with E-state index in [-0.39, 0.29) is 5.82 Å². The fraction of sp³-hybridized carbons (Fsp3) is 0.207. The van der Waals surface area contributed by atoms with Crippen LogP contribution in [0.2, 0.25) is 0 Å². The Morgan fingerprint density at radius 2 is 1.58 bits per heavy atom. The molecule has 5 aromatic rings. The summed E-state index contributed by atoms with van der Waals surface area (Å²) in [4.78, 5) is 14.1. The second kappa shape index (κ2) is 10.2. The zero-order chi connectivity index (χ0) is 26.1. The van der Waals surface area contributed by atoms with Crippen LogP contribution in [0.15, 0.2) is 78.9 Å². The quantitative estimate of drug-likeness (QED) is 0.356. The Balaban J connectivity index is 1.33. The summed E-state index contributed by atoms with van der Waals surface area (Å²) in [6.45, 7) is 4.17. The topological polar surface area (TPSA) is 76.1 Å². The number of anilines is 2. The Labute approximate surface area is 219 Å². The number of rotatable bonds is 6. The normalized spacial score (nSPS) is 14.3. The van der Waals surface area contributed by atoms with Gasteiger partial charge in [0, 0.05) is 38.3 Å². The van der Waals surface area contributed by atoms with Crippen LogP contribution in [0.1, 0.15) is 5.56 Å². The maximum Gasteiger partial charge on any atom is 0.228 e. The van der Waals surface area contributed by atoms with E-state index in [1.54, 1.807) is 30.3 Å². The molecular formula is C29H27F2N7. The molecule has 3 aromatic carbocycles. The molecule has 3 heterocycles. The third-order valence-corrected chi connectivity index (χ3v) is 6.95. The zero-order valence-corrected chi connectivity index (χ0v) is 20.8. The first kappa shape index (κ1) is 24.0. The number of piperazine rings is 1. The zero-order valence-electron chi connectivity index (χ0n) is 20.8. The van der Waals surface area contributed by atoms with Crippen LogP contribution >= 0.6 is 0 Å². The molecule has 38 heavy (non-hydrogen) atoms. The van der Waals surface area contributed by atoms with Crippen LogP contribution < -0.4 is 10.6 Å². The maximum absolute atomic E-state index is 15.0. The van der Waals surface area contributed by atoms with Crippen molar-refractivity contribution in [2.75, 3.05) is 43.4 Å². The molecule has 0 unspecified atom stereocenters. The van der Waals surface area contributed by atoms with Crippen molar-refractivity contribution in [3.8, 4) is 16.9 Å². The fourth-order valence-corrected chi connectivity index (χ4v) is 4.90. The highest BCUT2D eigenvalue weighted by Gasteiger charge is 2.25. The first-order chi connectivity index (χ1) is 18.6. The minimum Gasteiger partial charge on any atom is -0.383 e. The average Bonchev–Trinajstić information content (AvgIpc) is 3.29. The van der Waals surface area contributed by atoms with E-state index >= 15 is 0 Å². The van der Waals surface area contributed by atoms with E-state index < -0.39 is 11.6 Å². The minimum absolute atomic E-state index is 0.223. The van der Waals surface area contributed by atoms with E-state index in [0.717, 1.165) is 39.1 Å². The van der Waals surface area contributed by atoms with Gasteiger partial charge in [-0.25, -0.2) is 18.4 Å². The van der Waals surface area contributed by atoms with Crippen LogP contribution in [-0.2, 0) is 6.42 Å². The molecule has 7 nitrogen and oxygen atoms in total. The molecule has 1 fully saturated rings. The van der Waals surface area contributed by atoms with Crippen molar-refractivity contribution < 1.29 is 8.78 Å². The van der Waals surface area contributed by atoms with Gasteiger partial charge in [-0.1, -0.05) is 48.5 Å². The largest absolute Gasteiger partial charge is 0.383 e. The monoisotopic (exact) mass is 511 g/mol. The Bertz CT molecular complexity index is 1580.